The van der Waals surface area contributed by atoms with Gasteiger partial charge in [0.2, 0.25) is 0 Å². The number of benzene rings is 2. The summed E-state index contributed by atoms with van der Waals surface area (Å²) in [5.74, 6) is 0.888. The summed E-state index contributed by atoms with van der Waals surface area (Å²) in [4.78, 5) is 0.878. The van der Waals surface area contributed by atoms with Gasteiger partial charge in [0, 0.05) is 16.3 Å². The van der Waals surface area contributed by atoms with Crippen LogP contribution in [0.3, 0.4) is 0 Å². The Bertz CT molecular complexity index is 682. The number of hydrogen-bond acceptors (Lipinski definition) is 4. The second kappa shape index (κ2) is 7.00. The first-order valence-electron chi connectivity index (χ1n) is 6.47. The lowest BCUT2D eigenvalue weighted by Gasteiger charge is -2.09. The number of ether oxygens (including phenoxy) is 1. The number of nitrogens with zero attached hydrogens (tertiary/aromatic N) is 1. The van der Waals surface area contributed by atoms with Crippen LogP contribution in [0.1, 0.15) is 18.1 Å². The Balaban J connectivity index is 2.14. The van der Waals surface area contributed by atoms with Crippen LogP contribution in [0.15, 0.2) is 41.3 Å². The summed E-state index contributed by atoms with van der Waals surface area (Å²) in [7, 11) is 0. The van der Waals surface area contributed by atoms with Crippen molar-refractivity contribution in [1.29, 1.82) is 5.26 Å². The highest BCUT2D eigenvalue weighted by atomic mass is 32.2. The lowest BCUT2D eigenvalue weighted by atomic mass is 10.1. The van der Waals surface area contributed by atoms with E-state index >= 15 is 0 Å². The van der Waals surface area contributed by atoms with Gasteiger partial charge in [0.25, 0.3) is 0 Å². The molecule has 21 heavy (non-hydrogen) atoms. The van der Waals surface area contributed by atoms with Crippen LogP contribution >= 0.6 is 11.8 Å². The summed E-state index contributed by atoms with van der Waals surface area (Å²) in [6.45, 7) is 2.50. The number of nitrogens with two attached hydrogens (primary N) is 1. The SMILES string of the molecule is CCOc1ccc(N)c(SCc2cc(F)cc(C#N)c2)c1. The maximum Gasteiger partial charge on any atom is 0.124 e. The van der Waals surface area contributed by atoms with Gasteiger partial charge in [-0.15, -0.1) is 11.8 Å². The molecule has 2 aromatic rings. The lowest BCUT2D eigenvalue weighted by molar-refractivity contribution is 0.339. The maximum atomic E-state index is 13.4. The van der Waals surface area contributed by atoms with Crippen LogP contribution in [-0.4, -0.2) is 6.61 Å². The lowest BCUT2D eigenvalue weighted by Crippen LogP contribution is -1.94. The molecule has 2 aromatic carbocycles. The standard InChI is InChI=1S/C16H15FN2OS/c1-2-20-14-3-4-15(19)16(8-14)21-10-12-5-11(9-18)6-13(17)7-12/h3-8H,2,10,19H2,1H3. The smallest absolute Gasteiger partial charge is 0.124 e. The van der Waals surface area contributed by atoms with Gasteiger partial charge < -0.3 is 10.5 Å². The average molecular weight is 302 g/mol. The molecule has 2 N–H and O–H groups in total. The monoisotopic (exact) mass is 302 g/mol. The zero-order chi connectivity index (χ0) is 15.2. The van der Waals surface area contributed by atoms with Crippen LogP contribution in [0, 0.1) is 17.1 Å². The minimum atomic E-state index is -0.402. The van der Waals surface area contributed by atoms with Gasteiger partial charge in [-0.25, -0.2) is 4.39 Å². The van der Waals surface area contributed by atoms with Gasteiger partial charge in [-0.1, -0.05) is 0 Å². The summed E-state index contributed by atoms with van der Waals surface area (Å²) in [5.41, 5.74) is 7.65. The van der Waals surface area contributed by atoms with Crippen molar-refractivity contribution in [3.05, 3.63) is 53.3 Å². The van der Waals surface area contributed by atoms with Crippen molar-refractivity contribution in [3.8, 4) is 11.8 Å². The van der Waals surface area contributed by atoms with Crippen molar-refractivity contribution in [2.75, 3.05) is 12.3 Å². The van der Waals surface area contributed by atoms with Crippen molar-refractivity contribution < 1.29 is 9.13 Å². The van der Waals surface area contributed by atoms with Crippen LogP contribution in [0.2, 0.25) is 0 Å². The zero-order valence-electron chi connectivity index (χ0n) is 11.6. The normalized spacial score (nSPS) is 10.1. The van der Waals surface area contributed by atoms with Crippen LogP contribution in [0.25, 0.3) is 0 Å². The minimum absolute atomic E-state index is 0.321. The van der Waals surface area contributed by atoms with Crippen molar-refractivity contribution in [2.45, 2.75) is 17.6 Å². The summed E-state index contributed by atoms with van der Waals surface area (Å²) in [6.07, 6.45) is 0. The highest BCUT2D eigenvalue weighted by Crippen LogP contribution is 2.31. The minimum Gasteiger partial charge on any atom is -0.494 e. The summed E-state index contributed by atoms with van der Waals surface area (Å²) in [5, 5.41) is 8.85. The molecule has 0 atom stereocenters. The fourth-order valence-corrected chi connectivity index (χ4v) is 2.78. The Morgan fingerprint density at radius 3 is 2.81 bits per heavy atom. The molecule has 108 valence electrons. The van der Waals surface area contributed by atoms with E-state index in [1.807, 2.05) is 25.1 Å². The van der Waals surface area contributed by atoms with Crippen LogP contribution in [0.5, 0.6) is 5.75 Å². The van der Waals surface area contributed by atoms with Gasteiger partial charge in [-0.2, -0.15) is 5.26 Å². The Labute approximate surface area is 127 Å². The first-order chi connectivity index (χ1) is 10.1. The molecule has 0 aromatic heterocycles. The summed E-state index contributed by atoms with van der Waals surface area (Å²) >= 11 is 1.49. The van der Waals surface area contributed by atoms with Crippen LogP contribution < -0.4 is 10.5 Å². The fourth-order valence-electron chi connectivity index (χ4n) is 1.86. The topological polar surface area (TPSA) is 59.0 Å². The molecule has 0 spiro atoms. The largest absolute Gasteiger partial charge is 0.494 e. The van der Waals surface area contributed by atoms with E-state index in [1.165, 1.54) is 23.9 Å². The first kappa shape index (κ1) is 15.2. The third kappa shape index (κ3) is 4.14. The molecular formula is C16H15FN2OS. The van der Waals surface area contributed by atoms with E-state index in [4.69, 9.17) is 15.7 Å². The van der Waals surface area contributed by atoms with E-state index < -0.39 is 5.82 Å². The molecule has 0 bridgehead atoms. The third-order valence-electron chi connectivity index (χ3n) is 2.78. The zero-order valence-corrected chi connectivity index (χ0v) is 12.4. The number of thioether (sulfide) groups is 1. The third-order valence-corrected chi connectivity index (χ3v) is 3.92. The Hall–Kier alpha value is -2.19. The van der Waals surface area contributed by atoms with Gasteiger partial charge >= 0.3 is 0 Å². The molecule has 0 aliphatic rings. The molecule has 0 radical (unpaired) electrons. The summed E-state index contributed by atoms with van der Waals surface area (Å²) in [6, 6.07) is 11.8. The molecule has 0 saturated heterocycles. The van der Waals surface area contributed by atoms with E-state index in [9.17, 15) is 4.39 Å². The van der Waals surface area contributed by atoms with Gasteiger partial charge in [0.1, 0.15) is 11.6 Å². The molecule has 0 saturated carbocycles. The number of rotatable bonds is 5. The molecule has 2 rings (SSSR count). The maximum absolute atomic E-state index is 13.4. The van der Waals surface area contributed by atoms with Gasteiger partial charge in [-0.05, 0) is 48.9 Å². The molecule has 0 aliphatic carbocycles. The Morgan fingerprint density at radius 2 is 2.10 bits per heavy atom. The fraction of sp³-hybridized carbons (Fsp3) is 0.188. The number of nitrogen functional groups attached to an aromatic ring is 1. The van der Waals surface area contributed by atoms with Gasteiger partial charge in [-0.3, -0.25) is 0 Å². The molecular weight excluding hydrogens is 287 g/mol. The molecule has 3 nitrogen and oxygen atoms in total. The summed E-state index contributed by atoms with van der Waals surface area (Å²) < 4.78 is 18.8. The van der Waals surface area contributed by atoms with Crippen LogP contribution in [0.4, 0.5) is 10.1 Å². The number of halogens is 1. The first-order valence-corrected chi connectivity index (χ1v) is 7.45. The average Bonchev–Trinajstić information content (AvgIpc) is 2.47. The molecule has 0 heterocycles. The van der Waals surface area contributed by atoms with Gasteiger partial charge in [0.05, 0.1) is 18.2 Å². The number of hydrogen-bond donors (Lipinski definition) is 1. The van der Waals surface area contributed by atoms with Crippen molar-refractivity contribution in [2.24, 2.45) is 0 Å². The van der Waals surface area contributed by atoms with Crippen molar-refractivity contribution in [1.82, 2.24) is 0 Å². The van der Waals surface area contributed by atoms with Gasteiger partial charge in [0.15, 0.2) is 0 Å². The number of anilines is 1. The highest BCUT2D eigenvalue weighted by Gasteiger charge is 2.06. The number of nitriles is 1. The van der Waals surface area contributed by atoms with E-state index in [1.54, 1.807) is 12.1 Å². The van der Waals surface area contributed by atoms with E-state index in [2.05, 4.69) is 0 Å². The molecule has 0 aliphatic heterocycles. The Kier molecular flexibility index (Phi) is 5.07. The van der Waals surface area contributed by atoms with Crippen molar-refractivity contribution >= 4 is 17.4 Å². The predicted octanol–water partition coefficient (Wildman–Crippen LogP) is 3.97. The van der Waals surface area contributed by atoms with E-state index in [0.717, 1.165) is 16.2 Å². The second-order valence-electron chi connectivity index (χ2n) is 4.38. The molecule has 0 fully saturated rings. The molecule has 0 unspecified atom stereocenters. The van der Waals surface area contributed by atoms with E-state index in [0.29, 0.717) is 23.6 Å². The predicted molar refractivity (Wildman–Crippen MR) is 82.7 cm³/mol. The second-order valence-corrected chi connectivity index (χ2v) is 5.40. The van der Waals surface area contributed by atoms with Crippen LogP contribution in [-0.2, 0) is 5.75 Å². The molecule has 0 amide bonds. The quantitative estimate of drug-likeness (QED) is 0.670. The van der Waals surface area contributed by atoms with Crippen molar-refractivity contribution in [3.63, 3.8) is 0 Å². The molecule has 5 heteroatoms. The van der Waals surface area contributed by atoms with E-state index in [-0.39, 0.29) is 0 Å². The highest BCUT2D eigenvalue weighted by molar-refractivity contribution is 7.98. The Morgan fingerprint density at radius 1 is 1.29 bits per heavy atom.